The molecule has 1 aromatic rings. The number of carbonyl (C=O) groups is 1. The van der Waals surface area contributed by atoms with Gasteiger partial charge in [-0.25, -0.2) is 8.42 Å². The number of amides is 1. The lowest BCUT2D eigenvalue weighted by atomic mass is 10.1. The van der Waals surface area contributed by atoms with E-state index in [1.807, 2.05) is 0 Å². The van der Waals surface area contributed by atoms with Crippen molar-refractivity contribution in [3.63, 3.8) is 0 Å². The fourth-order valence-corrected chi connectivity index (χ4v) is 6.19. The molecular weight excluding hydrogens is 439 g/mol. The number of halogens is 4. The number of hydrogen-bond acceptors (Lipinski definition) is 6. The van der Waals surface area contributed by atoms with Gasteiger partial charge in [-0.3, -0.25) is 9.79 Å². The zero-order valence-corrected chi connectivity index (χ0v) is 17.3. The van der Waals surface area contributed by atoms with E-state index in [1.54, 1.807) is 14.1 Å². The third-order valence-electron chi connectivity index (χ3n) is 4.46. The molecule has 0 saturated carbocycles. The van der Waals surface area contributed by atoms with Gasteiger partial charge in [0.25, 0.3) is 0 Å². The van der Waals surface area contributed by atoms with Crippen LogP contribution >= 0.6 is 23.4 Å². The van der Waals surface area contributed by atoms with Crippen molar-refractivity contribution in [1.29, 1.82) is 0 Å². The molecule has 0 aromatic heterocycles. The van der Waals surface area contributed by atoms with E-state index in [1.165, 1.54) is 9.80 Å². The van der Waals surface area contributed by atoms with Crippen molar-refractivity contribution in [2.75, 3.05) is 36.3 Å². The maximum absolute atomic E-state index is 13.2. The Balaban J connectivity index is 2.00. The van der Waals surface area contributed by atoms with Gasteiger partial charge in [0, 0.05) is 14.1 Å². The van der Waals surface area contributed by atoms with Crippen LogP contribution in [-0.4, -0.2) is 67.8 Å². The summed E-state index contributed by atoms with van der Waals surface area (Å²) in [6.07, 6.45) is -4.58. The van der Waals surface area contributed by atoms with Crippen molar-refractivity contribution in [2.24, 2.45) is 4.99 Å². The van der Waals surface area contributed by atoms with Crippen molar-refractivity contribution in [3.8, 4) is 0 Å². The van der Waals surface area contributed by atoms with Crippen LogP contribution in [0, 0.1) is 0 Å². The molecule has 154 valence electrons. The van der Waals surface area contributed by atoms with Gasteiger partial charge in [0.1, 0.15) is 0 Å². The summed E-state index contributed by atoms with van der Waals surface area (Å²) in [6, 6.07) is 1.63. The highest BCUT2D eigenvalue weighted by molar-refractivity contribution is 8.14. The summed E-state index contributed by atoms with van der Waals surface area (Å²) in [4.78, 5) is 19.1. The summed E-state index contributed by atoms with van der Waals surface area (Å²) >= 11 is 7.22. The van der Waals surface area contributed by atoms with Gasteiger partial charge < -0.3 is 9.80 Å². The lowest BCUT2D eigenvalue weighted by molar-refractivity contribution is -0.137. The number of rotatable bonds is 3. The van der Waals surface area contributed by atoms with E-state index in [2.05, 4.69) is 4.99 Å². The maximum atomic E-state index is 13.2. The third kappa shape index (κ3) is 4.25. The van der Waals surface area contributed by atoms with Crippen molar-refractivity contribution in [3.05, 3.63) is 28.8 Å². The van der Waals surface area contributed by atoms with Gasteiger partial charge in [-0.15, -0.1) is 0 Å². The summed E-state index contributed by atoms with van der Waals surface area (Å²) in [5.41, 5.74) is -0.866. The van der Waals surface area contributed by atoms with Gasteiger partial charge in [-0.05, 0) is 18.2 Å². The van der Waals surface area contributed by atoms with Crippen LogP contribution in [0.5, 0.6) is 0 Å². The fourth-order valence-electron chi connectivity index (χ4n) is 3.04. The van der Waals surface area contributed by atoms with E-state index < -0.39 is 33.7 Å². The first kappa shape index (κ1) is 21.3. The van der Waals surface area contributed by atoms with E-state index in [4.69, 9.17) is 11.6 Å². The van der Waals surface area contributed by atoms with E-state index in [0.717, 1.165) is 30.0 Å². The van der Waals surface area contributed by atoms with E-state index in [0.29, 0.717) is 5.17 Å². The normalized spacial score (nSPS) is 23.5. The molecule has 6 nitrogen and oxygen atoms in total. The zero-order chi connectivity index (χ0) is 20.9. The van der Waals surface area contributed by atoms with Gasteiger partial charge >= 0.3 is 6.18 Å². The SMILES string of the molecule is CN(C)C(=O)CSC1=N[C@H]2CS(=O)(=O)C[C@H]2N1c1cc(C(F)(F)F)ccc1Cl. The number of sulfone groups is 1. The first-order valence-electron chi connectivity index (χ1n) is 8.16. The molecule has 0 radical (unpaired) electrons. The number of carbonyl (C=O) groups excluding carboxylic acids is 1. The summed E-state index contributed by atoms with van der Waals surface area (Å²) in [5, 5.41) is 0.339. The predicted molar refractivity (Wildman–Crippen MR) is 104 cm³/mol. The van der Waals surface area contributed by atoms with Crippen molar-refractivity contribution >= 4 is 50.0 Å². The first-order chi connectivity index (χ1) is 12.9. The summed E-state index contributed by atoms with van der Waals surface area (Å²) in [6.45, 7) is 0. The van der Waals surface area contributed by atoms with Crippen molar-refractivity contribution < 1.29 is 26.4 Å². The Hall–Kier alpha value is -1.46. The highest BCUT2D eigenvalue weighted by atomic mass is 35.5. The molecular formula is C16H17ClF3N3O3S2. The van der Waals surface area contributed by atoms with Gasteiger partial charge in [0.2, 0.25) is 5.91 Å². The average molecular weight is 456 g/mol. The smallest absolute Gasteiger partial charge is 0.348 e. The lowest BCUT2D eigenvalue weighted by Gasteiger charge is -2.28. The van der Waals surface area contributed by atoms with Gasteiger partial charge in [-0.1, -0.05) is 23.4 Å². The summed E-state index contributed by atoms with van der Waals surface area (Å²) in [7, 11) is -0.194. The fraction of sp³-hybridized carbons (Fsp3) is 0.500. The molecule has 2 aliphatic rings. The van der Waals surface area contributed by atoms with Gasteiger partial charge in [-0.2, -0.15) is 13.2 Å². The second-order valence-electron chi connectivity index (χ2n) is 6.73. The van der Waals surface area contributed by atoms with Crippen LogP contribution in [0.3, 0.4) is 0 Å². The molecule has 2 heterocycles. The Morgan fingerprint density at radius 2 is 2.04 bits per heavy atom. The molecule has 3 rings (SSSR count). The number of thioether (sulfide) groups is 1. The van der Waals surface area contributed by atoms with E-state index in [9.17, 15) is 26.4 Å². The number of amidine groups is 1. The Bertz CT molecular complexity index is 935. The number of benzene rings is 1. The second-order valence-corrected chi connectivity index (χ2v) is 10.2. The standard InChI is InChI=1S/C16H17ClF3N3O3S2/c1-22(2)14(24)6-27-15-21-11-7-28(25,26)8-13(11)23(15)12-5-9(16(18,19)20)3-4-10(12)17/h3-5,11,13H,6-8H2,1-2H3/t11-,13+/m0/s1. The van der Waals surface area contributed by atoms with Crippen LogP contribution in [0.15, 0.2) is 23.2 Å². The Labute approximate surface area is 169 Å². The molecule has 0 bridgehead atoms. The molecule has 1 amide bonds. The molecule has 0 spiro atoms. The zero-order valence-electron chi connectivity index (χ0n) is 14.9. The molecule has 0 N–H and O–H groups in total. The molecule has 0 aliphatic carbocycles. The molecule has 2 aliphatic heterocycles. The molecule has 2 atom stereocenters. The van der Waals surface area contributed by atoms with E-state index >= 15 is 0 Å². The summed E-state index contributed by atoms with van der Waals surface area (Å²) < 4.78 is 63.6. The molecule has 1 aromatic carbocycles. The molecule has 0 unspecified atom stereocenters. The van der Waals surface area contributed by atoms with Crippen LogP contribution in [-0.2, 0) is 20.8 Å². The quantitative estimate of drug-likeness (QED) is 0.700. The van der Waals surface area contributed by atoms with Gasteiger partial charge in [0.15, 0.2) is 15.0 Å². The number of fused-ring (bicyclic) bond motifs is 1. The minimum Gasteiger partial charge on any atom is -0.348 e. The topological polar surface area (TPSA) is 70.0 Å². The molecule has 12 heteroatoms. The Morgan fingerprint density at radius 1 is 1.36 bits per heavy atom. The highest BCUT2D eigenvalue weighted by Crippen LogP contribution is 2.41. The van der Waals surface area contributed by atoms with Crippen LogP contribution in [0.25, 0.3) is 0 Å². The van der Waals surface area contributed by atoms with Crippen molar-refractivity contribution in [1.82, 2.24) is 4.90 Å². The van der Waals surface area contributed by atoms with Crippen LogP contribution in [0.1, 0.15) is 5.56 Å². The molecule has 28 heavy (non-hydrogen) atoms. The number of anilines is 1. The second kappa shape index (κ2) is 7.42. The minimum absolute atomic E-state index is 0.0190. The first-order valence-corrected chi connectivity index (χ1v) is 11.3. The minimum atomic E-state index is -4.58. The average Bonchev–Trinajstić information content (AvgIpc) is 3.03. The number of hydrogen-bond donors (Lipinski definition) is 0. The number of nitrogens with zero attached hydrogens (tertiary/aromatic N) is 3. The number of alkyl halides is 3. The van der Waals surface area contributed by atoms with E-state index in [-0.39, 0.29) is 33.9 Å². The predicted octanol–water partition coefficient (Wildman–Crippen LogP) is 2.52. The van der Waals surface area contributed by atoms with Crippen LogP contribution in [0.2, 0.25) is 5.02 Å². The molecule has 1 fully saturated rings. The Morgan fingerprint density at radius 3 is 2.64 bits per heavy atom. The Kier molecular flexibility index (Phi) is 5.63. The van der Waals surface area contributed by atoms with Gasteiger partial charge in [0.05, 0.1) is 45.6 Å². The monoisotopic (exact) mass is 455 g/mol. The molecule has 1 saturated heterocycles. The summed E-state index contributed by atoms with van der Waals surface area (Å²) in [5.74, 6) is -0.603. The highest BCUT2D eigenvalue weighted by Gasteiger charge is 2.48. The third-order valence-corrected chi connectivity index (χ3v) is 7.43. The van der Waals surface area contributed by atoms with Crippen LogP contribution < -0.4 is 4.90 Å². The maximum Gasteiger partial charge on any atom is 0.416 e. The van der Waals surface area contributed by atoms with Crippen molar-refractivity contribution in [2.45, 2.75) is 18.3 Å². The van der Waals surface area contributed by atoms with Crippen LogP contribution in [0.4, 0.5) is 18.9 Å². The lowest BCUT2D eigenvalue weighted by Crippen LogP contribution is -2.40. The number of aliphatic imine (C=N–C) groups is 1. The largest absolute Gasteiger partial charge is 0.416 e.